The second kappa shape index (κ2) is 3.84. The largest absolute Gasteiger partial charge is 0.323 e. The first-order valence-corrected chi connectivity index (χ1v) is 5.34. The summed E-state index contributed by atoms with van der Waals surface area (Å²) >= 11 is 3.48. The van der Waals surface area contributed by atoms with Crippen LogP contribution in [0.25, 0.3) is 0 Å². The van der Waals surface area contributed by atoms with Gasteiger partial charge in [0.25, 0.3) is 0 Å². The Morgan fingerprint density at radius 3 is 2.71 bits per heavy atom. The first-order chi connectivity index (χ1) is 6.00. The molecule has 1 aromatic carbocycles. The van der Waals surface area contributed by atoms with Gasteiger partial charge in [0.15, 0.2) is 0 Å². The maximum Gasteiger partial charge on any atom is 0.0352 e. The molecule has 0 radical (unpaired) electrons. The maximum atomic E-state index is 6.16. The molecule has 0 aromatic heterocycles. The van der Waals surface area contributed by atoms with E-state index in [1.165, 1.54) is 11.1 Å². The lowest BCUT2D eigenvalue weighted by Gasteiger charge is -2.23. The van der Waals surface area contributed by atoms with Crippen LogP contribution in [0, 0.1) is 5.41 Å². The number of hydrogen-bond acceptors (Lipinski definition) is 1. The minimum atomic E-state index is 0. The first-order valence-electron chi connectivity index (χ1n) is 4.54. The molecular formula is C11H15BrClN. The van der Waals surface area contributed by atoms with E-state index < -0.39 is 0 Å². The summed E-state index contributed by atoms with van der Waals surface area (Å²) in [5.41, 5.74) is 9.08. The van der Waals surface area contributed by atoms with Gasteiger partial charge in [-0.15, -0.1) is 12.4 Å². The SMILES string of the molecule is CC1(C)Cc2cc(Br)ccc2C1N.Cl. The summed E-state index contributed by atoms with van der Waals surface area (Å²) in [7, 11) is 0. The number of fused-ring (bicyclic) bond motifs is 1. The van der Waals surface area contributed by atoms with Crippen LogP contribution in [-0.4, -0.2) is 0 Å². The van der Waals surface area contributed by atoms with E-state index in [0.717, 1.165) is 10.9 Å². The molecule has 78 valence electrons. The maximum absolute atomic E-state index is 6.16. The number of hydrogen-bond donors (Lipinski definition) is 1. The number of rotatable bonds is 0. The molecule has 0 heterocycles. The van der Waals surface area contributed by atoms with Gasteiger partial charge in [-0.2, -0.15) is 0 Å². The summed E-state index contributed by atoms with van der Waals surface area (Å²) < 4.78 is 1.15. The Bertz CT molecular complexity index is 349. The molecule has 0 spiro atoms. The average molecular weight is 277 g/mol. The van der Waals surface area contributed by atoms with Gasteiger partial charge in [0.05, 0.1) is 0 Å². The summed E-state index contributed by atoms with van der Waals surface area (Å²) in [5, 5.41) is 0. The van der Waals surface area contributed by atoms with Crippen molar-refractivity contribution in [1.29, 1.82) is 0 Å². The van der Waals surface area contributed by atoms with E-state index >= 15 is 0 Å². The van der Waals surface area contributed by atoms with E-state index in [-0.39, 0.29) is 23.9 Å². The second-order valence-corrected chi connectivity index (χ2v) is 5.40. The zero-order valence-electron chi connectivity index (χ0n) is 8.38. The summed E-state index contributed by atoms with van der Waals surface area (Å²) in [6, 6.07) is 6.58. The quantitative estimate of drug-likeness (QED) is 0.772. The Kier molecular flexibility index (Phi) is 3.30. The Labute approximate surface area is 99.6 Å². The lowest BCUT2D eigenvalue weighted by atomic mass is 9.86. The van der Waals surface area contributed by atoms with E-state index in [1.807, 2.05) is 0 Å². The molecular weight excluding hydrogens is 261 g/mol. The summed E-state index contributed by atoms with van der Waals surface area (Å²) in [6.45, 7) is 4.46. The number of halogens is 2. The standard InChI is InChI=1S/C11H14BrN.ClH/c1-11(2)6-7-5-8(12)3-4-9(7)10(11)13;/h3-5,10H,6,13H2,1-2H3;1H. The molecule has 0 aliphatic heterocycles. The van der Waals surface area contributed by atoms with Gasteiger partial charge in [0.2, 0.25) is 0 Å². The van der Waals surface area contributed by atoms with Gasteiger partial charge >= 0.3 is 0 Å². The van der Waals surface area contributed by atoms with Crippen molar-refractivity contribution in [3.05, 3.63) is 33.8 Å². The first kappa shape index (κ1) is 12.0. The van der Waals surface area contributed by atoms with Crippen LogP contribution in [-0.2, 0) is 6.42 Å². The third kappa shape index (κ3) is 1.83. The highest BCUT2D eigenvalue weighted by atomic mass is 79.9. The van der Waals surface area contributed by atoms with Crippen LogP contribution in [0.4, 0.5) is 0 Å². The Balaban J connectivity index is 0.000000980. The van der Waals surface area contributed by atoms with Crippen molar-refractivity contribution in [2.24, 2.45) is 11.1 Å². The van der Waals surface area contributed by atoms with Crippen LogP contribution in [0.15, 0.2) is 22.7 Å². The average Bonchev–Trinajstić information content (AvgIpc) is 2.22. The van der Waals surface area contributed by atoms with Crippen LogP contribution in [0.3, 0.4) is 0 Å². The van der Waals surface area contributed by atoms with Gasteiger partial charge in [0.1, 0.15) is 0 Å². The molecule has 2 rings (SSSR count). The molecule has 0 fully saturated rings. The Morgan fingerprint density at radius 1 is 1.43 bits per heavy atom. The zero-order chi connectivity index (χ0) is 9.64. The van der Waals surface area contributed by atoms with Crippen molar-refractivity contribution < 1.29 is 0 Å². The van der Waals surface area contributed by atoms with Crippen LogP contribution in [0.5, 0.6) is 0 Å². The van der Waals surface area contributed by atoms with Crippen LogP contribution >= 0.6 is 28.3 Å². The van der Waals surface area contributed by atoms with Gasteiger partial charge < -0.3 is 5.73 Å². The molecule has 1 aromatic rings. The monoisotopic (exact) mass is 275 g/mol. The Hall–Kier alpha value is -0.0500. The fraction of sp³-hybridized carbons (Fsp3) is 0.455. The van der Waals surface area contributed by atoms with E-state index in [2.05, 4.69) is 48.0 Å². The third-order valence-corrected chi connectivity index (χ3v) is 3.42. The molecule has 1 nitrogen and oxygen atoms in total. The van der Waals surface area contributed by atoms with E-state index in [4.69, 9.17) is 5.73 Å². The fourth-order valence-corrected chi connectivity index (χ4v) is 2.46. The topological polar surface area (TPSA) is 26.0 Å². The molecule has 0 bridgehead atoms. The van der Waals surface area contributed by atoms with E-state index in [0.29, 0.717) is 0 Å². The van der Waals surface area contributed by atoms with Gasteiger partial charge in [-0.25, -0.2) is 0 Å². The molecule has 1 atom stereocenters. The predicted octanol–water partition coefficient (Wildman–Crippen LogP) is 3.45. The smallest absolute Gasteiger partial charge is 0.0352 e. The van der Waals surface area contributed by atoms with Crippen molar-refractivity contribution in [2.75, 3.05) is 0 Å². The molecule has 1 unspecified atom stereocenters. The molecule has 0 saturated carbocycles. The van der Waals surface area contributed by atoms with Crippen molar-refractivity contribution >= 4 is 28.3 Å². The van der Waals surface area contributed by atoms with Crippen molar-refractivity contribution in [3.63, 3.8) is 0 Å². The van der Waals surface area contributed by atoms with Crippen molar-refractivity contribution in [1.82, 2.24) is 0 Å². The predicted molar refractivity (Wildman–Crippen MR) is 65.8 cm³/mol. The minimum absolute atomic E-state index is 0. The van der Waals surface area contributed by atoms with Crippen molar-refractivity contribution in [2.45, 2.75) is 26.3 Å². The van der Waals surface area contributed by atoms with E-state index in [9.17, 15) is 0 Å². The van der Waals surface area contributed by atoms with Crippen LogP contribution in [0.1, 0.15) is 31.0 Å². The molecule has 14 heavy (non-hydrogen) atoms. The highest BCUT2D eigenvalue weighted by Crippen LogP contribution is 2.43. The van der Waals surface area contributed by atoms with Crippen LogP contribution in [0.2, 0.25) is 0 Å². The minimum Gasteiger partial charge on any atom is -0.323 e. The Morgan fingerprint density at radius 2 is 2.07 bits per heavy atom. The summed E-state index contributed by atoms with van der Waals surface area (Å²) in [4.78, 5) is 0. The molecule has 0 amide bonds. The highest BCUT2D eigenvalue weighted by Gasteiger charge is 2.36. The van der Waals surface area contributed by atoms with Gasteiger partial charge in [-0.05, 0) is 35.1 Å². The van der Waals surface area contributed by atoms with Crippen LogP contribution < -0.4 is 5.73 Å². The lowest BCUT2D eigenvalue weighted by Crippen LogP contribution is -2.24. The molecule has 3 heteroatoms. The second-order valence-electron chi connectivity index (χ2n) is 4.49. The third-order valence-electron chi connectivity index (χ3n) is 2.93. The zero-order valence-corrected chi connectivity index (χ0v) is 10.8. The van der Waals surface area contributed by atoms with Gasteiger partial charge in [0, 0.05) is 10.5 Å². The molecule has 1 aliphatic carbocycles. The summed E-state index contributed by atoms with van der Waals surface area (Å²) in [6.07, 6.45) is 1.09. The van der Waals surface area contributed by atoms with E-state index in [1.54, 1.807) is 0 Å². The van der Waals surface area contributed by atoms with Crippen molar-refractivity contribution in [3.8, 4) is 0 Å². The number of nitrogens with two attached hydrogens (primary N) is 1. The molecule has 1 aliphatic rings. The molecule has 0 saturated heterocycles. The van der Waals surface area contributed by atoms with Gasteiger partial charge in [-0.3, -0.25) is 0 Å². The van der Waals surface area contributed by atoms with Gasteiger partial charge in [-0.1, -0.05) is 35.8 Å². The normalized spacial score (nSPS) is 22.7. The molecule has 2 N–H and O–H groups in total. The highest BCUT2D eigenvalue weighted by molar-refractivity contribution is 9.10. The fourth-order valence-electron chi connectivity index (χ4n) is 2.05. The number of benzene rings is 1. The lowest BCUT2D eigenvalue weighted by molar-refractivity contribution is 0.319. The summed E-state index contributed by atoms with van der Waals surface area (Å²) in [5.74, 6) is 0.